The number of carbonyl (C=O) groups is 2. The summed E-state index contributed by atoms with van der Waals surface area (Å²) in [5.41, 5.74) is 1.33. The number of rotatable bonds is 5. The van der Waals surface area contributed by atoms with Crippen molar-refractivity contribution in [1.82, 2.24) is 9.80 Å². The Labute approximate surface area is 126 Å². The Morgan fingerprint density at radius 3 is 2.19 bits per heavy atom. The fourth-order valence-corrected chi connectivity index (χ4v) is 2.68. The van der Waals surface area contributed by atoms with Gasteiger partial charge in [0.2, 0.25) is 11.8 Å². The van der Waals surface area contributed by atoms with Crippen molar-refractivity contribution in [3.63, 3.8) is 0 Å². The summed E-state index contributed by atoms with van der Waals surface area (Å²) in [6.07, 6.45) is 3.63. The third-order valence-electron chi connectivity index (χ3n) is 4.03. The van der Waals surface area contributed by atoms with E-state index in [0.717, 1.165) is 19.3 Å². The van der Waals surface area contributed by atoms with Gasteiger partial charge >= 0.3 is 0 Å². The van der Waals surface area contributed by atoms with Crippen LogP contribution in [0.2, 0.25) is 0 Å². The molecule has 0 aromatic heterocycles. The van der Waals surface area contributed by atoms with Crippen LogP contribution < -0.4 is 0 Å². The fourth-order valence-electron chi connectivity index (χ4n) is 2.68. The number of carbonyl (C=O) groups excluding carboxylic acids is 2. The molecule has 1 aromatic carbocycles. The minimum atomic E-state index is 0.102. The van der Waals surface area contributed by atoms with Crippen molar-refractivity contribution in [1.29, 1.82) is 0 Å². The molecule has 0 spiro atoms. The lowest BCUT2D eigenvalue weighted by molar-refractivity contribution is -0.138. The average Bonchev–Trinajstić information content (AvgIpc) is 2.52. The number of benzene rings is 1. The zero-order valence-electron chi connectivity index (χ0n) is 12.8. The van der Waals surface area contributed by atoms with Crippen molar-refractivity contribution >= 4 is 11.8 Å². The maximum atomic E-state index is 12.1. The van der Waals surface area contributed by atoms with Gasteiger partial charge in [-0.05, 0) is 24.8 Å². The Bertz CT molecular complexity index is 465. The van der Waals surface area contributed by atoms with Crippen LogP contribution in [0.1, 0.15) is 31.7 Å². The van der Waals surface area contributed by atoms with Crippen molar-refractivity contribution in [2.75, 3.05) is 26.2 Å². The molecule has 0 N–H and O–H groups in total. The highest BCUT2D eigenvalue weighted by Gasteiger charge is 2.21. The Balaban J connectivity index is 1.63. The first-order chi connectivity index (χ1) is 10.2. The van der Waals surface area contributed by atoms with Crippen molar-refractivity contribution in [3.8, 4) is 0 Å². The predicted molar refractivity (Wildman–Crippen MR) is 82.8 cm³/mol. The summed E-state index contributed by atoms with van der Waals surface area (Å²) in [6, 6.07) is 10.4. The van der Waals surface area contributed by atoms with E-state index >= 15 is 0 Å². The van der Waals surface area contributed by atoms with Gasteiger partial charge in [0.1, 0.15) is 0 Å². The number of amides is 2. The molecule has 1 saturated heterocycles. The molecule has 4 heteroatoms. The number of aryl methyl sites for hydroxylation is 1. The molecule has 21 heavy (non-hydrogen) atoms. The van der Waals surface area contributed by atoms with Crippen LogP contribution in [0.3, 0.4) is 0 Å². The Morgan fingerprint density at radius 1 is 0.952 bits per heavy atom. The van der Waals surface area contributed by atoms with Gasteiger partial charge in [-0.1, -0.05) is 30.3 Å². The molecule has 1 aliphatic heterocycles. The molecule has 1 aliphatic rings. The van der Waals surface area contributed by atoms with E-state index < -0.39 is 0 Å². The van der Waals surface area contributed by atoms with Crippen molar-refractivity contribution in [2.45, 2.75) is 32.6 Å². The molecule has 1 heterocycles. The molecule has 2 amide bonds. The molecular weight excluding hydrogens is 264 g/mol. The molecule has 0 radical (unpaired) electrons. The molecule has 1 aromatic rings. The van der Waals surface area contributed by atoms with Gasteiger partial charge in [-0.3, -0.25) is 9.59 Å². The topological polar surface area (TPSA) is 40.6 Å². The third-order valence-corrected chi connectivity index (χ3v) is 4.03. The molecule has 0 atom stereocenters. The first-order valence-electron chi connectivity index (χ1n) is 7.74. The van der Waals surface area contributed by atoms with Crippen molar-refractivity contribution in [2.24, 2.45) is 0 Å². The standard InChI is InChI=1S/C17H24N2O2/c1-15(20)18-11-13-19(14-12-18)17(21)10-6-5-9-16-7-3-2-4-8-16/h2-4,7-8H,5-6,9-14H2,1H3. The van der Waals surface area contributed by atoms with Crippen LogP contribution in [-0.2, 0) is 16.0 Å². The van der Waals surface area contributed by atoms with Crippen LogP contribution in [0.4, 0.5) is 0 Å². The highest BCUT2D eigenvalue weighted by atomic mass is 16.2. The Morgan fingerprint density at radius 2 is 1.57 bits per heavy atom. The van der Waals surface area contributed by atoms with Crippen LogP contribution in [0, 0.1) is 0 Å². The summed E-state index contributed by atoms with van der Waals surface area (Å²) in [7, 11) is 0. The first-order valence-corrected chi connectivity index (χ1v) is 7.74. The van der Waals surface area contributed by atoms with Crippen LogP contribution >= 0.6 is 0 Å². The molecule has 114 valence electrons. The number of hydrogen-bond acceptors (Lipinski definition) is 2. The highest BCUT2D eigenvalue weighted by Crippen LogP contribution is 2.09. The van der Waals surface area contributed by atoms with Crippen molar-refractivity contribution < 1.29 is 9.59 Å². The van der Waals surface area contributed by atoms with Gasteiger partial charge in [0, 0.05) is 39.5 Å². The van der Waals surface area contributed by atoms with Crippen LogP contribution in [0.25, 0.3) is 0 Å². The van der Waals surface area contributed by atoms with Gasteiger partial charge in [-0.2, -0.15) is 0 Å². The second-order valence-electron chi connectivity index (χ2n) is 5.58. The summed E-state index contributed by atoms with van der Waals surface area (Å²) >= 11 is 0. The van der Waals surface area contributed by atoms with Gasteiger partial charge in [-0.25, -0.2) is 0 Å². The summed E-state index contributed by atoms with van der Waals surface area (Å²) < 4.78 is 0. The third kappa shape index (κ3) is 4.88. The predicted octanol–water partition coefficient (Wildman–Crippen LogP) is 2.09. The Hall–Kier alpha value is -1.84. The van der Waals surface area contributed by atoms with E-state index in [1.165, 1.54) is 5.56 Å². The van der Waals surface area contributed by atoms with E-state index in [9.17, 15) is 9.59 Å². The lowest BCUT2D eigenvalue weighted by Crippen LogP contribution is -2.50. The van der Waals surface area contributed by atoms with Crippen LogP contribution in [0.15, 0.2) is 30.3 Å². The zero-order valence-corrected chi connectivity index (χ0v) is 12.8. The summed E-state index contributed by atoms with van der Waals surface area (Å²) in [4.78, 5) is 27.0. The van der Waals surface area contributed by atoms with Gasteiger partial charge in [0.25, 0.3) is 0 Å². The van der Waals surface area contributed by atoms with E-state index in [4.69, 9.17) is 0 Å². The summed E-state index contributed by atoms with van der Waals surface area (Å²) in [6.45, 7) is 4.28. The van der Waals surface area contributed by atoms with Gasteiger partial charge in [0.05, 0.1) is 0 Å². The van der Waals surface area contributed by atoms with E-state index in [0.29, 0.717) is 32.6 Å². The molecule has 0 aliphatic carbocycles. The minimum Gasteiger partial charge on any atom is -0.339 e. The van der Waals surface area contributed by atoms with Gasteiger partial charge in [0.15, 0.2) is 0 Å². The quantitative estimate of drug-likeness (QED) is 0.778. The SMILES string of the molecule is CC(=O)N1CCN(C(=O)CCCCc2ccccc2)CC1. The lowest BCUT2D eigenvalue weighted by Gasteiger charge is -2.34. The number of nitrogens with zero attached hydrogens (tertiary/aromatic N) is 2. The molecule has 1 fully saturated rings. The second-order valence-corrected chi connectivity index (χ2v) is 5.58. The minimum absolute atomic E-state index is 0.102. The van der Waals surface area contributed by atoms with Gasteiger partial charge in [-0.15, -0.1) is 0 Å². The zero-order chi connectivity index (χ0) is 15.1. The number of hydrogen-bond donors (Lipinski definition) is 0. The smallest absolute Gasteiger partial charge is 0.222 e. The molecule has 0 saturated carbocycles. The Kier molecular flexibility index (Phi) is 5.78. The van der Waals surface area contributed by atoms with Crippen LogP contribution in [-0.4, -0.2) is 47.8 Å². The summed E-state index contributed by atoms with van der Waals surface area (Å²) in [5.74, 6) is 0.330. The summed E-state index contributed by atoms with van der Waals surface area (Å²) in [5, 5.41) is 0. The molecule has 0 bridgehead atoms. The molecular formula is C17H24N2O2. The normalized spacial score (nSPS) is 15.1. The van der Waals surface area contributed by atoms with E-state index in [-0.39, 0.29) is 11.8 Å². The lowest BCUT2D eigenvalue weighted by atomic mass is 10.1. The number of unbranched alkanes of at least 4 members (excludes halogenated alkanes) is 1. The molecule has 4 nitrogen and oxygen atoms in total. The largest absolute Gasteiger partial charge is 0.339 e. The van der Waals surface area contributed by atoms with E-state index in [1.54, 1.807) is 11.8 Å². The fraction of sp³-hybridized carbons (Fsp3) is 0.529. The highest BCUT2D eigenvalue weighted by molar-refractivity contribution is 5.77. The number of piperazine rings is 1. The maximum absolute atomic E-state index is 12.1. The second kappa shape index (κ2) is 7.81. The average molecular weight is 288 g/mol. The van der Waals surface area contributed by atoms with Gasteiger partial charge < -0.3 is 9.80 Å². The molecule has 0 unspecified atom stereocenters. The van der Waals surface area contributed by atoms with E-state index in [1.807, 2.05) is 11.0 Å². The van der Waals surface area contributed by atoms with Crippen molar-refractivity contribution in [3.05, 3.63) is 35.9 Å². The van der Waals surface area contributed by atoms with E-state index in [2.05, 4.69) is 24.3 Å². The molecule has 2 rings (SSSR count). The van der Waals surface area contributed by atoms with Crippen LogP contribution in [0.5, 0.6) is 0 Å². The first kappa shape index (κ1) is 15.5. The monoisotopic (exact) mass is 288 g/mol. The maximum Gasteiger partial charge on any atom is 0.222 e.